The molecule has 1 saturated heterocycles. The van der Waals surface area contributed by atoms with Crippen LogP contribution in [0.25, 0.3) is 0 Å². The Bertz CT molecular complexity index is 537. The summed E-state index contributed by atoms with van der Waals surface area (Å²) < 4.78 is 24.7. The second-order valence-corrected chi connectivity index (χ2v) is 7.42. The maximum Gasteiger partial charge on any atom is 0.179 e. The number of nitrogens with two attached hydrogens (primary N) is 1. The van der Waals surface area contributed by atoms with E-state index < -0.39 is 9.84 Å². The van der Waals surface area contributed by atoms with Crippen LogP contribution in [-0.4, -0.2) is 63.7 Å². The summed E-state index contributed by atoms with van der Waals surface area (Å²) in [5.41, 5.74) is 6.41. The molecule has 0 atom stereocenters. The molecule has 2 rings (SSSR count). The van der Waals surface area contributed by atoms with Crippen molar-refractivity contribution in [3.8, 4) is 0 Å². The SMILES string of the molecule is CN1CCN(CCS(=O)(=O)c2cccc(CN)c2)CC1. The van der Waals surface area contributed by atoms with Gasteiger partial charge in [0.25, 0.3) is 0 Å². The van der Waals surface area contributed by atoms with E-state index in [4.69, 9.17) is 5.73 Å². The minimum atomic E-state index is -3.22. The number of piperazine rings is 1. The lowest BCUT2D eigenvalue weighted by Gasteiger charge is -2.32. The van der Waals surface area contributed by atoms with E-state index in [-0.39, 0.29) is 5.75 Å². The number of rotatable bonds is 5. The molecule has 0 spiro atoms. The zero-order valence-corrected chi connectivity index (χ0v) is 12.8. The van der Waals surface area contributed by atoms with E-state index in [0.29, 0.717) is 18.0 Å². The molecule has 1 aromatic rings. The van der Waals surface area contributed by atoms with Gasteiger partial charge >= 0.3 is 0 Å². The third-order valence-electron chi connectivity index (χ3n) is 3.77. The van der Waals surface area contributed by atoms with Gasteiger partial charge in [-0.25, -0.2) is 8.42 Å². The molecule has 5 nitrogen and oxygen atoms in total. The Hall–Kier alpha value is -0.950. The van der Waals surface area contributed by atoms with Crippen LogP contribution in [0.5, 0.6) is 0 Å². The summed E-state index contributed by atoms with van der Waals surface area (Å²) >= 11 is 0. The number of hydrogen-bond donors (Lipinski definition) is 1. The number of benzene rings is 1. The van der Waals surface area contributed by atoms with Crippen LogP contribution in [0, 0.1) is 0 Å². The van der Waals surface area contributed by atoms with Gasteiger partial charge in [-0.15, -0.1) is 0 Å². The molecule has 1 aromatic carbocycles. The highest BCUT2D eigenvalue weighted by Gasteiger charge is 2.19. The molecule has 1 aliphatic rings. The minimum absolute atomic E-state index is 0.171. The molecule has 0 aromatic heterocycles. The lowest BCUT2D eigenvalue weighted by atomic mass is 10.2. The van der Waals surface area contributed by atoms with Crippen LogP contribution < -0.4 is 5.73 Å². The summed E-state index contributed by atoms with van der Waals surface area (Å²) in [6, 6.07) is 6.93. The smallest absolute Gasteiger partial charge is 0.179 e. The first-order chi connectivity index (χ1) is 9.51. The van der Waals surface area contributed by atoms with Crippen LogP contribution in [0.3, 0.4) is 0 Å². The standard InChI is InChI=1S/C14H23N3O2S/c1-16-5-7-17(8-6-16)9-10-20(18,19)14-4-2-3-13(11-14)12-15/h2-4,11H,5-10,12,15H2,1H3. The maximum atomic E-state index is 12.3. The Labute approximate surface area is 121 Å². The van der Waals surface area contributed by atoms with Crippen molar-refractivity contribution in [2.45, 2.75) is 11.4 Å². The first-order valence-corrected chi connectivity index (χ1v) is 8.59. The van der Waals surface area contributed by atoms with Gasteiger partial charge in [0.2, 0.25) is 0 Å². The molecule has 20 heavy (non-hydrogen) atoms. The highest BCUT2D eigenvalue weighted by atomic mass is 32.2. The molecule has 112 valence electrons. The van der Waals surface area contributed by atoms with Crippen molar-refractivity contribution < 1.29 is 8.42 Å². The molecule has 1 fully saturated rings. The molecule has 0 aliphatic carbocycles. The van der Waals surface area contributed by atoms with Crippen molar-refractivity contribution in [2.24, 2.45) is 5.73 Å². The summed E-state index contributed by atoms with van der Waals surface area (Å²) in [7, 11) is -1.13. The molecule has 2 N–H and O–H groups in total. The third-order valence-corrected chi connectivity index (χ3v) is 5.46. The predicted molar refractivity (Wildman–Crippen MR) is 80.3 cm³/mol. The Morgan fingerprint density at radius 2 is 1.90 bits per heavy atom. The summed E-state index contributed by atoms with van der Waals surface area (Å²) in [4.78, 5) is 4.86. The number of likely N-dealkylation sites (N-methyl/N-ethyl adjacent to an activating group) is 1. The molecular weight excluding hydrogens is 274 g/mol. The van der Waals surface area contributed by atoms with Gasteiger partial charge in [0.15, 0.2) is 9.84 Å². The second kappa shape index (κ2) is 6.67. The van der Waals surface area contributed by atoms with Crippen molar-refractivity contribution in [2.75, 3.05) is 45.5 Å². The molecule has 1 aliphatic heterocycles. The molecule has 0 saturated carbocycles. The average molecular weight is 297 g/mol. The zero-order chi connectivity index (χ0) is 14.6. The van der Waals surface area contributed by atoms with E-state index >= 15 is 0 Å². The highest BCUT2D eigenvalue weighted by Crippen LogP contribution is 2.13. The fraction of sp³-hybridized carbons (Fsp3) is 0.571. The lowest BCUT2D eigenvalue weighted by Crippen LogP contribution is -2.45. The first-order valence-electron chi connectivity index (χ1n) is 6.94. The Balaban J connectivity index is 1.96. The van der Waals surface area contributed by atoms with Gasteiger partial charge in [-0.2, -0.15) is 0 Å². The highest BCUT2D eigenvalue weighted by molar-refractivity contribution is 7.91. The van der Waals surface area contributed by atoms with E-state index in [9.17, 15) is 8.42 Å². The molecule has 0 amide bonds. The van der Waals surface area contributed by atoms with Crippen molar-refractivity contribution in [3.63, 3.8) is 0 Å². The van der Waals surface area contributed by atoms with Gasteiger partial charge in [0.1, 0.15) is 0 Å². The maximum absolute atomic E-state index is 12.3. The average Bonchev–Trinajstić information content (AvgIpc) is 2.47. The van der Waals surface area contributed by atoms with E-state index in [2.05, 4.69) is 16.8 Å². The molecule has 6 heteroatoms. The lowest BCUT2D eigenvalue weighted by molar-refractivity contribution is 0.161. The first kappa shape index (κ1) is 15.4. The molecule has 0 unspecified atom stereocenters. The van der Waals surface area contributed by atoms with Crippen molar-refractivity contribution in [1.82, 2.24) is 9.80 Å². The van der Waals surface area contributed by atoms with Gasteiger partial charge in [-0.05, 0) is 24.7 Å². The molecular formula is C14H23N3O2S. The van der Waals surface area contributed by atoms with Crippen LogP contribution >= 0.6 is 0 Å². The summed E-state index contributed by atoms with van der Waals surface area (Å²) in [5, 5.41) is 0. The Kier molecular flexibility index (Phi) is 5.15. The fourth-order valence-electron chi connectivity index (χ4n) is 2.30. The normalized spacial score (nSPS) is 18.3. The van der Waals surface area contributed by atoms with Crippen molar-refractivity contribution in [1.29, 1.82) is 0 Å². The van der Waals surface area contributed by atoms with Gasteiger partial charge in [-0.1, -0.05) is 12.1 Å². The minimum Gasteiger partial charge on any atom is -0.326 e. The summed E-state index contributed by atoms with van der Waals surface area (Å²) in [6.07, 6.45) is 0. The molecule has 0 radical (unpaired) electrons. The summed E-state index contributed by atoms with van der Waals surface area (Å²) in [6.45, 7) is 4.85. The zero-order valence-electron chi connectivity index (χ0n) is 12.0. The topological polar surface area (TPSA) is 66.6 Å². The van der Waals surface area contributed by atoms with Crippen LogP contribution in [0.15, 0.2) is 29.2 Å². The number of sulfone groups is 1. The van der Waals surface area contributed by atoms with Crippen LogP contribution in [-0.2, 0) is 16.4 Å². The monoisotopic (exact) mass is 297 g/mol. The Morgan fingerprint density at radius 1 is 1.20 bits per heavy atom. The third kappa shape index (κ3) is 4.02. The van der Waals surface area contributed by atoms with Crippen LogP contribution in [0.1, 0.15) is 5.56 Å². The van der Waals surface area contributed by atoms with Gasteiger partial charge in [-0.3, -0.25) is 4.90 Å². The van der Waals surface area contributed by atoms with Crippen LogP contribution in [0.4, 0.5) is 0 Å². The number of hydrogen-bond acceptors (Lipinski definition) is 5. The molecule has 0 bridgehead atoms. The van der Waals surface area contributed by atoms with Gasteiger partial charge in [0, 0.05) is 39.3 Å². The fourth-order valence-corrected chi connectivity index (χ4v) is 3.66. The largest absolute Gasteiger partial charge is 0.326 e. The van der Waals surface area contributed by atoms with Gasteiger partial charge < -0.3 is 10.6 Å². The van der Waals surface area contributed by atoms with E-state index in [1.54, 1.807) is 18.2 Å². The number of nitrogens with zero attached hydrogens (tertiary/aromatic N) is 2. The summed E-state index contributed by atoms with van der Waals surface area (Å²) in [5.74, 6) is 0.171. The van der Waals surface area contributed by atoms with Crippen molar-refractivity contribution >= 4 is 9.84 Å². The predicted octanol–water partition coefficient (Wildman–Crippen LogP) is 0.166. The van der Waals surface area contributed by atoms with Crippen LogP contribution in [0.2, 0.25) is 0 Å². The quantitative estimate of drug-likeness (QED) is 0.839. The van der Waals surface area contributed by atoms with E-state index in [0.717, 1.165) is 31.7 Å². The van der Waals surface area contributed by atoms with E-state index in [1.165, 1.54) is 0 Å². The second-order valence-electron chi connectivity index (χ2n) is 5.32. The molecule has 1 heterocycles. The van der Waals surface area contributed by atoms with Gasteiger partial charge in [0.05, 0.1) is 10.6 Å². The van der Waals surface area contributed by atoms with E-state index in [1.807, 2.05) is 6.07 Å². The Morgan fingerprint density at radius 3 is 2.55 bits per heavy atom. The van der Waals surface area contributed by atoms with Crippen molar-refractivity contribution in [3.05, 3.63) is 29.8 Å².